The first-order valence-corrected chi connectivity index (χ1v) is 9.19. The third kappa shape index (κ3) is 4.27. The number of hydrogen-bond acceptors (Lipinski definition) is 4. The van der Waals surface area contributed by atoms with Crippen molar-refractivity contribution in [2.75, 3.05) is 0 Å². The minimum Gasteiger partial charge on any atom is -0.480 e. The SMILES string of the molecule is CC(C)(C)[C@H](NC(=O)c1nn(Cc2ccc(C#N)cc2)c2ccccc12)C(=O)O. The van der Waals surface area contributed by atoms with Crippen molar-refractivity contribution in [1.29, 1.82) is 5.26 Å². The summed E-state index contributed by atoms with van der Waals surface area (Å²) >= 11 is 0. The molecule has 0 saturated heterocycles. The Labute approximate surface area is 168 Å². The monoisotopic (exact) mass is 390 g/mol. The number of hydrogen-bond donors (Lipinski definition) is 2. The van der Waals surface area contributed by atoms with Crippen LogP contribution >= 0.6 is 0 Å². The average molecular weight is 390 g/mol. The fourth-order valence-electron chi connectivity index (χ4n) is 3.12. The van der Waals surface area contributed by atoms with Gasteiger partial charge >= 0.3 is 5.97 Å². The number of carboxylic acid groups (broad SMARTS) is 1. The largest absolute Gasteiger partial charge is 0.480 e. The number of carbonyl (C=O) groups excluding carboxylic acids is 1. The Morgan fingerprint density at radius 3 is 2.41 bits per heavy atom. The van der Waals surface area contributed by atoms with Crippen LogP contribution in [0.1, 0.15) is 42.4 Å². The van der Waals surface area contributed by atoms with Gasteiger partial charge in [-0.1, -0.05) is 51.1 Å². The smallest absolute Gasteiger partial charge is 0.326 e. The lowest BCUT2D eigenvalue weighted by Gasteiger charge is -2.27. The molecule has 3 rings (SSSR count). The number of amides is 1. The minimum absolute atomic E-state index is 0.185. The number of nitriles is 1. The molecular formula is C22H22N4O3. The van der Waals surface area contributed by atoms with E-state index in [4.69, 9.17) is 5.26 Å². The van der Waals surface area contributed by atoms with E-state index in [9.17, 15) is 14.7 Å². The summed E-state index contributed by atoms with van der Waals surface area (Å²) in [5, 5.41) is 26.2. The number of fused-ring (bicyclic) bond motifs is 1. The molecule has 0 saturated carbocycles. The van der Waals surface area contributed by atoms with Gasteiger partial charge in [0.1, 0.15) is 6.04 Å². The van der Waals surface area contributed by atoms with E-state index in [1.54, 1.807) is 43.7 Å². The Bertz CT molecular complexity index is 1100. The molecule has 7 nitrogen and oxygen atoms in total. The van der Waals surface area contributed by atoms with Crippen molar-refractivity contribution in [3.63, 3.8) is 0 Å². The Hall–Kier alpha value is -3.66. The molecule has 0 radical (unpaired) electrons. The summed E-state index contributed by atoms with van der Waals surface area (Å²) in [4.78, 5) is 24.5. The first-order valence-electron chi connectivity index (χ1n) is 9.19. The second-order valence-electron chi connectivity index (χ2n) is 7.94. The van der Waals surface area contributed by atoms with E-state index in [0.717, 1.165) is 11.1 Å². The van der Waals surface area contributed by atoms with E-state index in [1.165, 1.54) is 0 Å². The van der Waals surface area contributed by atoms with Crippen LogP contribution in [-0.4, -0.2) is 32.8 Å². The maximum atomic E-state index is 12.9. The van der Waals surface area contributed by atoms with Crippen LogP contribution in [0.4, 0.5) is 0 Å². The third-order valence-electron chi connectivity index (χ3n) is 4.68. The van der Waals surface area contributed by atoms with Crippen LogP contribution in [-0.2, 0) is 11.3 Å². The maximum absolute atomic E-state index is 12.9. The highest BCUT2D eigenvalue weighted by atomic mass is 16.4. The molecule has 0 fully saturated rings. The molecule has 0 bridgehead atoms. The first kappa shape index (κ1) is 20.1. The zero-order chi connectivity index (χ0) is 21.2. The van der Waals surface area contributed by atoms with Crippen molar-refractivity contribution >= 4 is 22.8 Å². The molecule has 1 aromatic heterocycles. The van der Waals surface area contributed by atoms with E-state index in [1.807, 2.05) is 30.3 Å². The molecule has 0 spiro atoms. The van der Waals surface area contributed by atoms with Crippen LogP contribution in [0.3, 0.4) is 0 Å². The van der Waals surface area contributed by atoms with Crippen molar-refractivity contribution in [3.05, 3.63) is 65.4 Å². The Kier molecular flexibility index (Phi) is 5.37. The van der Waals surface area contributed by atoms with Gasteiger partial charge in [0.05, 0.1) is 23.7 Å². The molecule has 1 atom stereocenters. The van der Waals surface area contributed by atoms with Gasteiger partial charge in [0.2, 0.25) is 0 Å². The molecule has 7 heteroatoms. The van der Waals surface area contributed by atoms with Gasteiger partial charge in [0.25, 0.3) is 5.91 Å². The van der Waals surface area contributed by atoms with E-state index >= 15 is 0 Å². The van der Waals surface area contributed by atoms with Crippen LogP contribution in [0.2, 0.25) is 0 Å². The fourth-order valence-corrected chi connectivity index (χ4v) is 3.12. The lowest BCUT2D eigenvalue weighted by atomic mass is 9.86. The van der Waals surface area contributed by atoms with Crippen LogP contribution in [0, 0.1) is 16.7 Å². The number of carbonyl (C=O) groups is 2. The highest BCUT2D eigenvalue weighted by molar-refractivity contribution is 6.06. The van der Waals surface area contributed by atoms with Crippen LogP contribution in [0.25, 0.3) is 10.9 Å². The summed E-state index contributed by atoms with van der Waals surface area (Å²) in [7, 11) is 0. The summed E-state index contributed by atoms with van der Waals surface area (Å²) in [6, 6.07) is 15.5. The van der Waals surface area contributed by atoms with Crippen LogP contribution < -0.4 is 5.32 Å². The van der Waals surface area contributed by atoms with Gasteiger partial charge in [-0.2, -0.15) is 10.4 Å². The zero-order valence-electron chi connectivity index (χ0n) is 16.5. The Balaban J connectivity index is 1.96. The van der Waals surface area contributed by atoms with Crippen molar-refractivity contribution in [3.8, 4) is 6.07 Å². The highest BCUT2D eigenvalue weighted by Crippen LogP contribution is 2.23. The van der Waals surface area contributed by atoms with E-state index in [0.29, 0.717) is 17.5 Å². The number of carboxylic acids is 1. The quantitative estimate of drug-likeness (QED) is 0.696. The number of para-hydroxylation sites is 1. The number of rotatable bonds is 5. The molecule has 148 valence electrons. The van der Waals surface area contributed by atoms with Gasteiger partial charge in [0.15, 0.2) is 5.69 Å². The number of aliphatic carboxylic acids is 1. The molecule has 0 aliphatic carbocycles. The summed E-state index contributed by atoms with van der Waals surface area (Å²) in [5.41, 5.74) is 1.81. The fraction of sp³-hybridized carbons (Fsp3) is 0.273. The van der Waals surface area contributed by atoms with Crippen molar-refractivity contribution in [2.45, 2.75) is 33.4 Å². The average Bonchev–Trinajstić information content (AvgIpc) is 3.04. The van der Waals surface area contributed by atoms with Crippen LogP contribution in [0.5, 0.6) is 0 Å². The molecule has 0 unspecified atom stereocenters. The molecule has 2 aromatic carbocycles. The van der Waals surface area contributed by atoms with E-state index < -0.39 is 23.3 Å². The molecule has 3 aromatic rings. The molecule has 0 aliphatic rings. The summed E-state index contributed by atoms with van der Waals surface area (Å²) in [5.74, 6) is -1.62. The van der Waals surface area contributed by atoms with Gasteiger partial charge in [-0.15, -0.1) is 0 Å². The number of benzene rings is 2. The summed E-state index contributed by atoms with van der Waals surface area (Å²) < 4.78 is 1.71. The van der Waals surface area contributed by atoms with Crippen molar-refractivity contribution in [2.24, 2.45) is 5.41 Å². The summed E-state index contributed by atoms with van der Waals surface area (Å²) in [6.07, 6.45) is 0. The van der Waals surface area contributed by atoms with Gasteiger partial charge in [-0.25, -0.2) is 4.79 Å². The van der Waals surface area contributed by atoms with E-state index in [2.05, 4.69) is 16.5 Å². The third-order valence-corrected chi connectivity index (χ3v) is 4.68. The number of aromatic nitrogens is 2. The van der Waals surface area contributed by atoms with Gasteiger partial charge in [-0.3, -0.25) is 9.48 Å². The number of nitrogens with one attached hydrogen (secondary N) is 1. The van der Waals surface area contributed by atoms with Gasteiger partial charge < -0.3 is 10.4 Å². The molecule has 0 aliphatic heterocycles. The van der Waals surface area contributed by atoms with Crippen LogP contribution in [0.15, 0.2) is 48.5 Å². The minimum atomic E-state index is -1.09. The number of nitrogens with zero attached hydrogens (tertiary/aromatic N) is 3. The lowest BCUT2D eigenvalue weighted by Crippen LogP contribution is -2.49. The van der Waals surface area contributed by atoms with Crippen molar-refractivity contribution < 1.29 is 14.7 Å². The molecule has 2 N–H and O–H groups in total. The molecule has 1 heterocycles. The second kappa shape index (κ2) is 7.76. The Morgan fingerprint density at radius 2 is 1.83 bits per heavy atom. The zero-order valence-corrected chi connectivity index (χ0v) is 16.5. The lowest BCUT2D eigenvalue weighted by molar-refractivity contribution is -0.142. The topological polar surface area (TPSA) is 108 Å². The standard InChI is InChI=1S/C22H22N4O3/c1-22(2,3)19(21(28)29)24-20(27)18-16-6-4-5-7-17(16)26(25-18)13-15-10-8-14(12-23)9-11-15/h4-11,19H,13H2,1-3H3,(H,24,27)(H,28,29)/t19-/m1/s1. The maximum Gasteiger partial charge on any atom is 0.326 e. The van der Waals surface area contributed by atoms with Gasteiger partial charge in [0, 0.05) is 5.39 Å². The molecular weight excluding hydrogens is 368 g/mol. The normalized spacial score (nSPS) is 12.3. The Morgan fingerprint density at radius 1 is 1.17 bits per heavy atom. The first-order chi connectivity index (χ1) is 13.7. The predicted molar refractivity (Wildman–Crippen MR) is 108 cm³/mol. The van der Waals surface area contributed by atoms with Crippen molar-refractivity contribution in [1.82, 2.24) is 15.1 Å². The summed E-state index contributed by atoms with van der Waals surface area (Å²) in [6.45, 7) is 5.69. The van der Waals surface area contributed by atoms with Gasteiger partial charge in [-0.05, 0) is 29.2 Å². The molecule has 29 heavy (non-hydrogen) atoms. The van der Waals surface area contributed by atoms with E-state index in [-0.39, 0.29) is 5.69 Å². The highest BCUT2D eigenvalue weighted by Gasteiger charge is 2.33. The second-order valence-corrected chi connectivity index (χ2v) is 7.94. The molecule has 1 amide bonds. The predicted octanol–water partition coefficient (Wildman–Crippen LogP) is 3.19.